The van der Waals surface area contributed by atoms with E-state index in [4.69, 9.17) is 5.53 Å². The predicted molar refractivity (Wildman–Crippen MR) is 49.4 cm³/mol. The molecule has 0 amide bonds. The number of thioether (sulfide) groups is 1. The van der Waals surface area contributed by atoms with Crippen molar-refractivity contribution in [2.75, 3.05) is 12.3 Å². The Labute approximate surface area is 77.8 Å². The molecule has 0 unspecified atom stereocenters. The lowest BCUT2D eigenvalue weighted by molar-refractivity contribution is 0.982. The second-order valence-corrected chi connectivity index (χ2v) is 4.41. The fourth-order valence-corrected chi connectivity index (χ4v) is 2.26. The fraction of sp³-hybridized carbons (Fsp3) is 0.600. The summed E-state index contributed by atoms with van der Waals surface area (Å²) in [6.07, 6.45) is 0. The molecule has 0 saturated carbocycles. The van der Waals surface area contributed by atoms with Gasteiger partial charge in [-0.05, 0) is 12.5 Å². The molecule has 64 valence electrons. The number of hydrogen-bond donors (Lipinski definition) is 0. The molecule has 0 aromatic carbocycles. The lowest BCUT2D eigenvalue weighted by atomic mass is 10.8. The van der Waals surface area contributed by atoms with Gasteiger partial charge in [-0.25, -0.2) is 0 Å². The Morgan fingerprint density at radius 2 is 2.50 bits per heavy atom. The Morgan fingerprint density at radius 1 is 1.67 bits per heavy atom. The third-order valence-electron chi connectivity index (χ3n) is 0.988. The minimum Gasteiger partial charge on any atom is -0.143 e. The van der Waals surface area contributed by atoms with E-state index < -0.39 is 0 Å². The van der Waals surface area contributed by atoms with Crippen LogP contribution in [0.25, 0.3) is 10.4 Å². The van der Waals surface area contributed by atoms with Crippen LogP contribution in [-0.2, 0) is 0 Å². The largest absolute Gasteiger partial charge is 0.174 e. The molecule has 0 N–H and O–H groups in total. The molecule has 5 nitrogen and oxygen atoms in total. The molecule has 1 heterocycles. The van der Waals surface area contributed by atoms with Crippen molar-refractivity contribution in [2.45, 2.75) is 11.3 Å². The first-order valence-electron chi connectivity index (χ1n) is 3.26. The summed E-state index contributed by atoms with van der Waals surface area (Å²) in [6, 6.07) is 0. The average Bonchev–Trinajstić information content (AvgIpc) is 2.45. The number of azide groups is 1. The molecule has 0 saturated heterocycles. The Bertz CT molecular complexity index is 290. The van der Waals surface area contributed by atoms with Gasteiger partial charge >= 0.3 is 0 Å². The molecule has 0 spiro atoms. The first-order valence-corrected chi connectivity index (χ1v) is 5.07. The van der Waals surface area contributed by atoms with E-state index in [1.54, 1.807) is 23.1 Å². The van der Waals surface area contributed by atoms with Gasteiger partial charge in [0.2, 0.25) is 0 Å². The third kappa shape index (κ3) is 3.08. The first kappa shape index (κ1) is 9.31. The van der Waals surface area contributed by atoms with Crippen LogP contribution in [0.5, 0.6) is 0 Å². The van der Waals surface area contributed by atoms with Gasteiger partial charge in [-0.2, -0.15) is 0 Å². The standard InChI is InChI=1S/C5H7N5S2/c1-4-8-9-5(12-4)11-3-2-7-10-6/h2-3H2,1H3. The molecule has 1 rings (SSSR count). The molecule has 0 radical (unpaired) electrons. The van der Waals surface area contributed by atoms with Crippen molar-refractivity contribution in [3.8, 4) is 0 Å². The number of aromatic nitrogens is 2. The van der Waals surface area contributed by atoms with Crippen molar-refractivity contribution in [2.24, 2.45) is 5.11 Å². The minimum atomic E-state index is 0.500. The molecular formula is C5H7N5S2. The Kier molecular flexibility index (Phi) is 3.86. The van der Waals surface area contributed by atoms with Crippen LogP contribution in [0.2, 0.25) is 0 Å². The SMILES string of the molecule is Cc1nnc(SCCN=[N+]=[N-])s1. The maximum absolute atomic E-state index is 7.99. The highest BCUT2D eigenvalue weighted by atomic mass is 32.2. The smallest absolute Gasteiger partial charge is 0.143 e. The Hall–Kier alpha value is -0.780. The van der Waals surface area contributed by atoms with Gasteiger partial charge in [-0.1, -0.05) is 28.2 Å². The van der Waals surface area contributed by atoms with E-state index in [1.807, 2.05) is 6.92 Å². The van der Waals surface area contributed by atoms with Crippen molar-refractivity contribution >= 4 is 23.1 Å². The van der Waals surface area contributed by atoms with E-state index in [9.17, 15) is 0 Å². The highest BCUT2D eigenvalue weighted by molar-refractivity contribution is 8.01. The van der Waals surface area contributed by atoms with Crippen LogP contribution in [0.4, 0.5) is 0 Å². The van der Waals surface area contributed by atoms with Gasteiger partial charge in [0.1, 0.15) is 5.01 Å². The normalized spacial score (nSPS) is 9.42. The summed E-state index contributed by atoms with van der Waals surface area (Å²) < 4.78 is 0.931. The zero-order chi connectivity index (χ0) is 8.81. The van der Waals surface area contributed by atoms with Crippen molar-refractivity contribution in [3.05, 3.63) is 15.5 Å². The van der Waals surface area contributed by atoms with Gasteiger partial charge in [0.25, 0.3) is 0 Å². The van der Waals surface area contributed by atoms with E-state index in [-0.39, 0.29) is 0 Å². The summed E-state index contributed by atoms with van der Waals surface area (Å²) in [5.41, 5.74) is 7.99. The van der Waals surface area contributed by atoms with Gasteiger partial charge < -0.3 is 0 Å². The minimum absolute atomic E-state index is 0.500. The van der Waals surface area contributed by atoms with Crippen LogP contribution in [0.1, 0.15) is 5.01 Å². The van der Waals surface area contributed by atoms with Gasteiger partial charge in [0, 0.05) is 17.2 Å². The summed E-state index contributed by atoms with van der Waals surface area (Å²) in [5.74, 6) is 0.763. The summed E-state index contributed by atoms with van der Waals surface area (Å²) in [4.78, 5) is 2.65. The second kappa shape index (κ2) is 4.97. The molecule has 1 aromatic rings. The number of nitrogens with zero attached hydrogens (tertiary/aromatic N) is 5. The molecule has 0 aliphatic rings. The molecule has 0 aliphatic heterocycles. The Morgan fingerprint density at radius 3 is 3.08 bits per heavy atom. The molecule has 0 fully saturated rings. The van der Waals surface area contributed by atoms with E-state index >= 15 is 0 Å². The van der Waals surface area contributed by atoms with E-state index in [2.05, 4.69) is 20.2 Å². The number of hydrogen-bond acceptors (Lipinski definition) is 5. The quantitative estimate of drug-likeness (QED) is 0.246. The van der Waals surface area contributed by atoms with Crippen LogP contribution in [-0.4, -0.2) is 22.5 Å². The van der Waals surface area contributed by atoms with Gasteiger partial charge in [-0.3, -0.25) is 0 Å². The molecule has 1 aromatic heterocycles. The van der Waals surface area contributed by atoms with Crippen molar-refractivity contribution < 1.29 is 0 Å². The lowest BCUT2D eigenvalue weighted by Gasteiger charge is -1.88. The predicted octanol–water partition coefficient (Wildman–Crippen LogP) is 2.25. The van der Waals surface area contributed by atoms with Crippen LogP contribution in [0, 0.1) is 6.92 Å². The zero-order valence-corrected chi connectivity index (χ0v) is 8.10. The van der Waals surface area contributed by atoms with E-state index in [0.717, 1.165) is 15.1 Å². The maximum atomic E-state index is 7.99. The average molecular weight is 201 g/mol. The molecule has 7 heteroatoms. The second-order valence-electron chi connectivity index (χ2n) is 1.89. The topological polar surface area (TPSA) is 74.5 Å². The van der Waals surface area contributed by atoms with Crippen LogP contribution >= 0.6 is 23.1 Å². The Balaban J connectivity index is 2.28. The summed E-state index contributed by atoms with van der Waals surface area (Å²) in [5, 5.41) is 12.1. The molecule has 0 aliphatic carbocycles. The summed E-state index contributed by atoms with van der Waals surface area (Å²) in [7, 11) is 0. The molecule has 12 heavy (non-hydrogen) atoms. The van der Waals surface area contributed by atoms with Gasteiger partial charge in [-0.15, -0.1) is 10.2 Å². The highest BCUT2D eigenvalue weighted by Gasteiger charge is 1.98. The molecule has 0 bridgehead atoms. The van der Waals surface area contributed by atoms with Crippen molar-refractivity contribution in [1.29, 1.82) is 0 Å². The third-order valence-corrected chi connectivity index (χ3v) is 2.94. The van der Waals surface area contributed by atoms with Crippen molar-refractivity contribution in [3.63, 3.8) is 0 Å². The summed E-state index contributed by atoms with van der Waals surface area (Å²) >= 11 is 3.11. The number of rotatable bonds is 4. The van der Waals surface area contributed by atoms with Crippen LogP contribution < -0.4 is 0 Å². The molecular weight excluding hydrogens is 194 g/mol. The maximum Gasteiger partial charge on any atom is 0.174 e. The summed E-state index contributed by atoms with van der Waals surface area (Å²) in [6.45, 7) is 2.41. The van der Waals surface area contributed by atoms with Gasteiger partial charge in [0.15, 0.2) is 4.34 Å². The fourth-order valence-electron chi connectivity index (χ4n) is 0.555. The highest BCUT2D eigenvalue weighted by Crippen LogP contribution is 2.21. The van der Waals surface area contributed by atoms with E-state index in [1.165, 1.54) is 0 Å². The van der Waals surface area contributed by atoms with Crippen LogP contribution in [0.3, 0.4) is 0 Å². The zero-order valence-electron chi connectivity index (χ0n) is 6.47. The first-order chi connectivity index (χ1) is 5.83. The van der Waals surface area contributed by atoms with Crippen LogP contribution in [0.15, 0.2) is 9.45 Å². The van der Waals surface area contributed by atoms with Gasteiger partial charge in [0.05, 0.1) is 0 Å². The van der Waals surface area contributed by atoms with Crippen molar-refractivity contribution in [1.82, 2.24) is 10.2 Å². The number of aryl methyl sites for hydroxylation is 1. The lowest BCUT2D eigenvalue weighted by Crippen LogP contribution is -1.82. The molecule has 0 atom stereocenters. The monoisotopic (exact) mass is 201 g/mol. The van der Waals surface area contributed by atoms with E-state index in [0.29, 0.717) is 6.54 Å².